The van der Waals surface area contributed by atoms with Crippen LogP contribution in [0, 0.1) is 11.6 Å². The van der Waals surface area contributed by atoms with Gasteiger partial charge in [-0.2, -0.15) is 5.10 Å². The minimum atomic E-state index is -0.540. The van der Waals surface area contributed by atoms with Crippen LogP contribution in [0.2, 0.25) is 0 Å². The van der Waals surface area contributed by atoms with Gasteiger partial charge in [-0.25, -0.2) is 8.78 Å². The molecule has 0 aliphatic rings. The number of Topliss-reactive ketones (excluding diaryl/α,β-unsaturated/α-hetero) is 1. The van der Waals surface area contributed by atoms with Crippen LogP contribution in [0.3, 0.4) is 0 Å². The first kappa shape index (κ1) is 14.1. The molecule has 2 aromatic carbocycles. The summed E-state index contributed by atoms with van der Waals surface area (Å²) in [6.45, 7) is 0. The van der Waals surface area contributed by atoms with Crippen LogP contribution in [-0.2, 0) is 0 Å². The van der Waals surface area contributed by atoms with E-state index in [0.717, 1.165) is 12.1 Å². The lowest BCUT2D eigenvalue weighted by Gasteiger charge is -2.02. The summed E-state index contributed by atoms with van der Waals surface area (Å²) in [4.78, 5) is 11.8. The van der Waals surface area contributed by atoms with Crippen molar-refractivity contribution in [3.05, 3.63) is 65.7 Å². The van der Waals surface area contributed by atoms with Gasteiger partial charge in [0, 0.05) is 5.56 Å². The molecule has 0 spiro atoms. The van der Waals surface area contributed by atoms with E-state index in [-0.39, 0.29) is 16.6 Å². The van der Waals surface area contributed by atoms with Crippen molar-refractivity contribution in [2.75, 3.05) is 5.43 Å². The Labute approximate surface area is 118 Å². The molecule has 0 heterocycles. The molecule has 3 nitrogen and oxygen atoms in total. The number of carbonyl (C=O) groups excluding carboxylic acids is 1. The fourth-order valence-corrected chi connectivity index (χ4v) is 1.56. The van der Waals surface area contributed by atoms with E-state index in [1.807, 2.05) is 0 Å². The molecule has 2 rings (SSSR count). The predicted octanol–water partition coefficient (Wildman–Crippen LogP) is 3.81. The van der Waals surface area contributed by atoms with Crippen molar-refractivity contribution >= 4 is 28.2 Å². The number of ketones is 1. The summed E-state index contributed by atoms with van der Waals surface area (Å²) in [6, 6.07) is 10.3. The molecule has 1 N–H and O–H groups in total. The number of rotatable bonds is 4. The highest BCUT2D eigenvalue weighted by Gasteiger charge is 2.11. The van der Waals surface area contributed by atoms with Crippen molar-refractivity contribution in [3.63, 3.8) is 0 Å². The molecule has 0 aromatic heterocycles. The predicted molar refractivity (Wildman–Crippen MR) is 74.0 cm³/mol. The zero-order valence-electron chi connectivity index (χ0n) is 10.1. The topological polar surface area (TPSA) is 41.5 Å². The summed E-state index contributed by atoms with van der Waals surface area (Å²) >= 11 is 5.76. The van der Waals surface area contributed by atoms with E-state index in [4.69, 9.17) is 11.6 Å². The minimum absolute atomic E-state index is 0.223. The molecule has 102 valence electrons. The number of hydrogen-bond donors (Lipinski definition) is 1. The lowest BCUT2D eigenvalue weighted by atomic mass is 10.1. The molecule has 0 aliphatic heterocycles. The Hall–Kier alpha value is -2.27. The number of nitrogens with one attached hydrogen (secondary N) is 1. The molecule has 0 radical (unpaired) electrons. The lowest BCUT2D eigenvalue weighted by Crippen LogP contribution is -2.10. The first-order valence-electron chi connectivity index (χ1n) is 5.61. The van der Waals surface area contributed by atoms with Gasteiger partial charge in [0.2, 0.25) is 5.78 Å². The Morgan fingerprint density at radius 1 is 0.950 bits per heavy atom. The van der Waals surface area contributed by atoms with E-state index in [1.165, 1.54) is 36.4 Å². The Bertz CT molecular complexity index is 639. The molecule has 20 heavy (non-hydrogen) atoms. The van der Waals surface area contributed by atoms with Gasteiger partial charge in [-0.1, -0.05) is 11.6 Å². The van der Waals surface area contributed by atoms with Gasteiger partial charge in [-0.3, -0.25) is 10.2 Å². The molecule has 0 saturated carbocycles. The maximum Gasteiger partial charge on any atom is 0.224 e. The number of hydrogen-bond acceptors (Lipinski definition) is 3. The monoisotopic (exact) mass is 294 g/mol. The standard InChI is InChI=1S/C14H9ClF2N2O/c15-14(13(20)9-1-3-10(16)4-2-9)19-18-12-7-5-11(17)6-8-12/h1-8,18H/b19-14-. The lowest BCUT2D eigenvalue weighted by molar-refractivity contribution is 0.106. The van der Waals surface area contributed by atoms with Gasteiger partial charge in [0.15, 0.2) is 5.17 Å². The van der Waals surface area contributed by atoms with Gasteiger partial charge in [-0.15, -0.1) is 0 Å². The average Bonchev–Trinajstić information content (AvgIpc) is 2.46. The van der Waals surface area contributed by atoms with Gasteiger partial charge in [0.1, 0.15) is 11.6 Å². The summed E-state index contributed by atoms with van der Waals surface area (Å²) in [5.74, 6) is -1.37. The van der Waals surface area contributed by atoms with Crippen LogP contribution in [0.5, 0.6) is 0 Å². The molecule has 0 amide bonds. The van der Waals surface area contributed by atoms with Crippen molar-refractivity contribution in [3.8, 4) is 0 Å². The number of carbonyl (C=O) groups is 1. The van der Waals surface area contributed by atoms with Crippen molar-refractivity contribution < 1.29 is 13.6 Å². The third kappa shape index (κ3) is 3.61. The number of halogens is 3. The van der Waals surface area contributed by atoms with Crippen LogP contribution in [0.4, 0.5) is 14.5 Å². The molecular weight excluding hydrogens is 286 g/mol. The van der Waals surface area contributed by atoms with Gasteiger partial charge in [0.25, 0.3) is 0 Å². The van der Waals surface area contributed by atoms with Crippen LogP contribution in [0.15, 0.2) is 53.6 Å². The SMILES string of the molecule is O=C(/C(Cl)=N/Nc1ccc(F)cc1)c1ccc(F)cc1. The van der Waals surface area contributed by atoms with E-state index in [2.05, 4.69) is 10.5 Å². The van der Waals surface area contributed by atoms with Crippen LogP contribution < -0.4 is 5.43 Å². The molecule has 2 aromatic rings. The molecule has 0 unspecified atom stereocenters. The largest absolute Gasteiger partial charge is 0.286 e. The van der Waals surface area contributed by atoms with Gasteiger partial charge in [0.05, 0.1) is 5.69 Å². The molecular formula is C14H9ClF2N2O. The molecule has 0 fully saturated rings. The number of nitrogens with zero attached hydrogens (tertiary/aromatic N) is 1. The maximum atomic E-state index is 12.7. The third-order valence-electron chi connectivity index (χ3n) is 2.42. The second-order valence-electron chi connectivity index (χ2n) is 3.86. The second kappa shape index (κ2) is 6.25. The van der Waals surface area contributed by atoms with Crippen molar-refractivity contribution in [1.29, 1.82) is 0 Å². The fourth-order valence-electron chi connectivity index (χ4n) is 1.41. The quantitative estimate of drug-likeness (QED) is 0.529. The highest BCUT2D eigenvalue weighted by molar-refractivity contribution is 6.84. The number of hydrazone groups is 1. The first-order valence-corrected chi connectivity index (χ1v) is 5.99. The second-order valence-corrected chi connectivity index (χ2v) is 4.22. The Kier molecular flexibility index (Phi) is 4.42. The zero-order chi connectivity index (χ0) is 14.5. The van der Waals surface area contributed by atoms with E-state index in [9.17, 15) is 13.6 Å². The summed E-state index contributed by atoms with van der Waals surface area (Å²) < 4.78 is 25.4. The van der Waals surface area contributed by atoms with Crippen LogP contribution in [-0.4, -0.2) is 11.0 Å². The van der Waals surface area contributed by atoms with Crippen molar-refractivity contribution in [2.24, 2.45) is 5.10 Å². The Morgan fingerprint density at radius 3 is 2.00 bits per heavy atom. The Balaban J connectivity index is 2.08. The van der Waals surface area contributed by atoms with Gasteiger partial charge in [-0.05, 0) is 48.5 Å². The summed E-state index contributed by atoms with van der Waals surface area (Å²) in [7, 11) is 0. The number of benzene rings is 2. The fraction of sp³-hybridized carbons (Fsp3) is 0. The molecule has 6 heteroatoms. The minimum Gasteiger partial charge on any atom is -0.286 e. The van der Waals surface area contributed by atoms with Gasteiger partial charge >= 0.3 is 0 Å². The summed E-state index contributed by atoms with van der Waals surface area (Å²) in [6.07, 6.45) is 0. The van der Waals surface area contributed by atoms with Crippen LogP contribution >= 0.6 is 11.6 Å². The third-order valence-corrected chi connectivity index (χ3v) is 2.68. The first-order chi connectivity index (χ1) is 9.56. The van der Waals surface area contributed by atoms with Crippen LogP contribution in [0.25, 0.3) is 0 Å². The van der Waals surface area contributed by atoms with E-state index < -0.39 is 11.6 Å². The number of anilines is 1. The average molecular weight is 295 g/mol. The zero-order valence-corrected chi connectivity index (χ0v) is 10.9. The molecule has 0 bridgehead atoms. The van der Waals surface area contributed by atoms with Crippen molar-refractivity contribution in [2.45, 2.75) is 0 Å². The van der Waals surface area contributed by atoms with Gasteiger partial charge < -0.3 is 0 Å². The van der Waals surface area contributed by atoms with E-state index in [0.29, 0.717) is 5.69 Å². The maximum absolute atomic E-state index is 12.7. The van der Waals surface area contributed by atoms with Crippen molar-refractivity contribution in [1.82, 2.24) is 0 Å². The van der Waals surface area contributed by atoms with E-state index >= 15 is 0 Å². The highest BCUT2D eigenvalue weighted by Crippen LogP contribution is 2.10. The summed E-state index contributed by atoms with van der Waals surface area (Å²) in [5.41, 5.74) is 3.23. The Morgan fingerprint density at radius 2 is 1.45 bits per heavy atom. The van der Waals surface area contributed by atoms with E-state index in [1.54, 1.807) is 0 Å². The highest BCUT2D eigenvalue weighted by atomic mass is 35.5. The smallest absolute Gasteiger partial charge is 0.224 e. The molecule has 0 atom stereocenters. The normalized spacial score (nSPS) is 11.2. The summed E-state index contributed by atoms with van der Waals surface area (Å²) in [5, 5.41) is 3.38. The molecule has 0 saturated heterocycles. The molecule has 0 aliphatic carbocycles. The van der Waals surface area contributed by atoms with Crippen LogP contribution in [0.1, 0.15) is 10.4 Å².